The molecule has 0 radical (unpaired) electrons. The maximum absolute atomic E-state index is 12.2. The zero-order valence-electron chi connectivity index (χ0n) is 13.9. The Balaban J connectivity index is 1.70. The molecule has 0 saturated heterocycles. The summed E-state index contributed by atoms with van der Waals surface area (Å²) in [5.41, 5.74) is 2.59. The number of benzene rings is 3. The Labute approximate surface area is 145 Å². The van der Waals surface area contributed by atoms with E-state index in [1.54, 1.807) is 6.07 Å². The Morgan fingerprint density at radius 2 is 1.64 bits per heavy atom. The van der Waals surface area contributed by atoms with Crippen LogP contribution < -0.4 is 5.43 Å². The molecule has 0 fully saturated rings. The van der Waals surface area contributed by atoms with Crippen LogP contribution in [0.3, 0.4) is 0 Å². The molecule has 0 amide bonds. The predicted molar refractivity (Wildman–Crippen MR) is 102 cm³/mol. The van der Waals surface area contributed by atoms with Crippen molar-refractivity contribution in [3.05, 3.63) is 94.3 Å². The van der Waals surface area contributed by atoms with Crippen LogP contribution in [0, 0.1) is 0 Å². The molecule has 1 heterocycles. The van der Waals surface area contributed by atoms with E-state index in [0.717, 1.165) is 11.3 Å². The van der Waals surface area contributed by atoms with Crippen molar-refractivity contribution < 1.29 is 4.42 Å². The minimum atomic E-state index is -0.0325. The maximum Gasteiger partial charge on any atom is 0.193 e. The van der Waals surface area contributed by atoms with Gasteiger partial charge in [0.05, 0.1) is 11.9 Å². The van der Waals surface area contributed by atoms with Crippen molar-refractivity contribution in [1.82, 2.24) is 0 Å². The molecule has 1 aromatic heterocycles. The summed E-state index contributed by atoms with van der Waals surface area (Å²) in [5.74, 6) is 0.572. The Kier molecular flexibility index (Phi) is 3.90. The summed E-state index contributed by atoms with van der Waals surface area (Å²) in [6.07, 6.45) is 0. The molecule has 0 aliphatic heterocycles. The van der Waals surface area contributed by atoms with Crippen molar-refractivity contribution in [2.75, 3.05) is 0 Å². The average molecular weight is 327 g/mol. The minimum absolute atomic E-state index is 0.0325. The second-order valence-electron chi connectivity index (χ2n) is 6.00. The molecule has 3 heteroatoms. The lowest BCUT2D eigenvalue weighted by molar-refractivity contribution is 0.539. The molecule has 3 aromatic carbocycles. The van der Waals surface area contributed by atoms with E-state index < -0.39 is 0 Å². The van der Waals surface area contributed by atoms with Crippen molar-refractivity contribution in [3.63, 3.8) is 0 Å². The van der Waals surface area contributed by atoms with E-state index in [0.29, 0.717) is 23.3 Å². The van der Waals surface area contributed by atoms with Gasteiger partial charge < -0.3 is 4.42 Å². The Hall–Kier alpha value is -3.20. The van der Waals surface area contributed by atoms with Crippen LogP contribution in [0.25, 0.3) is 21.7 Å². The Bertz CT molecular complexity index is 1150. The third-order valence-corrected chi connectivity index (χ3v) is 4.34. The van der Waals surface area contributed by atoms with Gasteiger partial charge in [0.1, 0.15) is 11.3 Å². The summed E-state index contributed by atoms with van der Waals surface area (Å²) in [5, 5.41) is 2.96. The van der Waals surface area contributed by atoms with Crippen LogP contribution in [0.5, 0.6) is 0 Å². The molecule has 4 rings (SSSR count). The maximum atomic E-state index is 12.2. The zero-order valence-corrected chi connectivity index (χ0v) is 13.9. The minimum Gasteiger partial charge on any atom is -0.459 e. The standard InChI is InChI=1S/C22H17NO2/c1-15(18-11-6-8-16-7-2-3-9-19(16)18)23-14-17-13-21(24)20-10-4-5-12-22(20)25-17/h2-13H,14H2,1H3/b23-15+. The van der Waals surface area contributed by atoms with E-state index in [-0.39, 0.29) is 5.43 Å². The molecule has 0 saturated carbocycles. The van der Waals surface area contributed by atoms with Crippen molar-refractivity contribution in [3.8, 4) is 0 Å². The fourth-order valence-corrected chi connectivity index (χ4v) is 3.05. The van der Waals surface area contributed by atoms with Crippen LogP contribution in [-0.2, 0) is 6.54 Å². The molecule has 3 nitrogen and oxygen atoms in total. The van der Waals surface area contributed by atoms with E-state index in [2.05, 4.69) is 29.3 Å². The topological polar surface area (TPSA) is 42.6 Å². The van der Waals surface area contributed by atoms with Gasteiger partial charge in [-0.3, -0.25) is 9.79 Å². The summed E-state index contributed by atoms with van der Waals surface area (Å²) in [6.45, 7) is 2.33. The Morgan fingerprint density at radius 1 is 0.920 bits per heavy atom. The summed E-state index contributed by atoms with van der Waals surface area (Å²) >= 11 is 0. The monoisotopic (exact) mass is 327 g/mol. The summed E-state index contributed by atoms with van der Waals surface area (Å²) < 4.78 is 5.81. The van der Waals surface area contributed by atoms with Crippen LogP contribution in [0.15, 0.2) is 87.0 Å². The molecular formula is C22H17NO2. The van der Waals surface area contributed by atoms with Crippen LogP contribution in [0.4, 0.5) is 0 Å². The fraction of sp³-hybridized carbons (Fsp3) is 0.0909. The normalized spacial score (nSPS) is 12.0. The first-order chi connectivity index (χ1) is 12.2. The molecule has 0 unspecified atom stereocenters. The van der Waals surface area contributed by atoms with E-state index in [1.807, 2.05) is 43.3 Å². The smallest absolute Gasteiger partial charge is 0.193 e. The number of hydrogen-bond donors (Lipinski definition) is 0. The summed E-state index contributed by atoms with van der Waals surface area (Å²) in [6, 6.07) is 23.2. The molecule has 0 bridgehead atoms. The molecule has 0 aliphatic rings. The molecule has 4 aromatic rings. The van der Waals surface area contributed by atoms with Gasteiger partial charge in [-0.2, -0.15) is 0 Å². The largest absolute Gasteiger partial charge is 0.459 e. The third kappa shape index (κ3) is 2.96. The summed E-state index contributed by atoms with van der Waals surface area (Å²) in [7, 11) is 0. The van der Waals surface area contributed by atoms with Gasteiger partial charge in [-0.15, -0.1) is 0 Å². The van der Waals surface area contributed by atoms with Gasteiger partial charge >= 0.3 is 0 Å². The second-order valence-corrected chi connectivity index (χ2v) is 6.00. The highest BCUT2D eigenvalue weighted by atomic mass is 16.3. The number of rotatable bonds is 3. The second kappa shape index (κ2) is 6.36. The van der Waals surface area contributed by atoms with Crippen LogP contribution >= 0.6 is 0 Å². The van der Waals surface area contributed by atoms with E-state index in [9.17, 15) is 4.79 Å². The van der Waals surface area contributed by atoms with E-state index >= 15 is 0 Å². The van der Waals surface area contributed by atoms with Gasteiger partial charge in [0, 0.05) is 17.3 Å². The SMILES string of the molecule is C/C(=N\Cc1cc(=O)c2ccccc2o1)c1cccc2ccccc12. The lowest BCUT2D eigenvalue weighted by Crippen LogP contribution is -2.02. The van der Waals surface area contributed by atoms with Gasteiger partial charge in [-0.25, -0.2) is 0 Å². The van der Waals surface area contributed by atoms with Crippen molar-refractivity contribution in [1.29, 1.82) is 0 Å². The van der Waals surface area contributed by atoms with Crippen molar-refractivity contribution >= 4 is 27.5 Å². The van der Waals surface area contributed by atoms with Gasteiger partial charge in [0.2, 0.25) is 0 Å². The Morgan fingerprint density at radius 3 is 2.52 bits per heavy atom. The van der Waals surface area contributed by atoms with Crippen molar-refractivity contribution in [2.24, 2.45) is 4.99 Å². The first-order valence-corrected chi connectivity index (χ1v) is 8.23. The molecular weight excluding hydrogens is 310 g/mol. The molecule has 0 aliphatic carbocycles. The number of para-hydroxylation sites is 1. The van der Waals surface area contributed by atoms with E-state index in [1.165, 1.54) is 16.8 Å². The average Bonchev–Trinajstić information content (AvgIpc) is 2.66. The summed E-state index contributed by atoms with van der Waals surface area (Å²) in [4.78, 5) is 16.8. The first kappa shape index (κ1) is 15.3. The highest BCUT2D eigenvalue weighted by Gasteiger charge is 2.06. The first-order valence-electron chi connectivity index (χ1n) is 8.23. The molecule has 0 atom stereocenters. The third-order valence-electron chi connectivity index (χ3n) is 4.34. The zero-order chi connectivity index (χ0) is 17.2. The van der Waals surface area contributed by atoms with Crippen LogP contribution in [0.2, 0.25) is 0 Å². The lowest BCUT2D eigenvalue weighted by atomic mass is 10.0. The number of hydrogen-bond acceptors (Lipinski definition) is 3. The molecule has 0 spiro atoms. The van der Waals surface area contributed by atoms with Gasteiger partial charge in [-0.05, 0) is 29.8 Å². The predicted octanol–water partition coefficient (Wildman–Crippen LogP) is 4.96. The molecule has 0 N–H and O–H groups in total. The number of nitrogens with zero attached hydrogens (tertiary/aromatic N) is 1. The fourth-order valence-electron chi connectivity index (χ4n) is 3.05. The van der Waals surface area contributed by atoms with Crippen LogP contribution in [0.1, 0.15) is 18.2 Å². The van der Waals surface area contributed by atoms with Gasteiger partial charge in [-0.1, -0.05) is 54.6 Å². The highest BCUT2D eigenvalue weighted by molar-refractivity contribution is 6.09. The van der Waals surface area contributed by atoms with E-state index in [4.69, 9.17) is 4.42 Å². The quantitative estimate of drug-likeness (QED) is 0.499. The lowest BCUT2D eigenvalue weighted by Gasteiger charge is -2.06. The number of aliphatic imine (C=N–C) groups is 1. The number of fused-ring (bicyclic) bond motifs is 2. The van der Waals surface area contributed by atoms with Crippen LogP contribution in [-0.4, -0.2) is 5.71 Å². The van der Waals surface area contributed by atoms with Gasteiger partial charge in [0.15, 0.2) is 5.43 Å². The van der Waals surface area contributed by atoms with Crippen molar-refractivity contribution in [2.45, 2.75) is 13.5 Å². The molecule has 122 valence electrons. The molecule has 25 heavy (non-hydrogen) atoms. The highest BCUT2D eigenvalue weighted by Crippen LogP contribution is 2.20. The van der Waals surface area contributed by atoms with Gasteiger partial charge in [0.25, 0.3) is 0 Å².